The number of hydrogen-bond donors (Lipinski definition) is 2. The summed E-state index contributed by atoms with van der Waals surface area (Å²) in [5.74, 6) is -0.136. The topological polar surface area (TPSA) is 49.3 Å². The number of carbonyl (C=O) groups is 1. The molecule has 0 saturated heterocycles. The molecule has 2 atom stereocenters. The van der Waals surface area contributed by atoms with E-state index in [1.807, 2.05) is 12.1 Å². The fraction of sp³-hybridized carbons (Fsp3) is 0.462. The number of hydrogen-bond acceptors (Lipinski definition) is 2. The Balaban J connectivity index is 2.02. The van der Waals surface area contributed by atoms with E-state index < -0.39 is 5.97 Å². The van der Waals surface area contributed by atoms with Gasteiger partial charge in [-0.1, -0.05) is 25.5 Å². The first-order valence-electron chi connectivity index (χ1n) is 5.81. The molecule has 2 rings (SSSR count). The molecule has 0 aromatic heterocycles. The molecule has 1 aromatic carbocycles. The molecule has 3 nitrogen and oxygen atoms in total. The Kier molecular flexibility index (Phi) is 3.13. The van der Waals surface area contributed by atoms with E-state index >= 15 is 0 Å². The molecule has 2 unspecified atom stereocenters. The number of benzene rings is 1. The maximum Gasteiger partial charge on any atom is 0.337 e. The van der Waals surface area contributed by atoms with Crippen LogP contribution < -0.4 is 5.32 Å². The van der Waals surface area contributed by atoms with Crippen LogP contribution in [-0.4, -0.2) is 17.1 Å². The lowest BCUT2D eigenvalue weighted by molar-refractivity contribution is 0.0698. The molecule has 1 saturated carbocycles. The van der Waals surface area contributed by atoms with Gasteiger partial charge in [-0.3, -0.25) is 0 Å². The maximum absolute atomic E-state index is 11.0. The normalized spacial score (nSPS) is 22.8. The van der Waals surface area contributed by atoms with Crippen molar-refractivity contribution in [2.24, 2.45) is 5.92 Å². The van der Waals surface area contributed by atoms with Gasteiger partial charge in [0.05, 0.1) is 5.56 Å². The average molecular weight is 219 g/mol. The highest BCUT2D eigenvalue weighted by atomic mass is 16.4. The van der Waals surface area contributed by atoms with Gasteiger partial charge < -0.3 is 10.4 Å². The highest BCUT2D eigenvalue weighted by Gasteiger charge is 2.36. The molecular weight excluding hydrogens is 202 g/mol. The molecule has 0 amide bonds. The standard InChI is InChI=1S/C13H17NO2/c1-2-5-9-8-12(9)14-11-7-4-3-6-10(11)13(15)16/h3-4,6-7,9,12,14H,2,5,8H2,1H3,(H,15,16). The van der Waals surface area contributed by atoms with Crippen LogP contribution in [0.4, 0.5) is 5.69 Å². The van der Waals surface area contributed by atoms with Crippen molar-refractivity contribution in [3.8, 4) is 0 Å². The summed E-state index contributed by atoms with van der Waals surface area (Å²) in [6.45, 7) is 2.18. The van der Waals surface area contributed by atoms with Crippen molar-refractivity contribution in [3.05, 3.63) is 29.8 Å². The molecule has 16 heavy (non-hydrogen) atoms. The van der Waals surface area contributed by atoms with Gasteiger partial charge >= 0.3 is 5.97 Å². The van der Waals surface area contributed by atoms with Crippen molar-refractivity contribution in [2.75, 3.05) is 5.32 Å². The summed E-state index contributed by atoms with van der Waals surface area (Å²) < 4.78 is 0. The van der Waals surface area contributed by atoms with Gasteiger partial charge in [0.15, 0.2) is 0 Å². The molecule has 0 bridgehead atoms. The molecule has 0 spiro atoms. The predicted octanol–water partition coefficient (Wildman–Crippen LogP) is 2.99. The van der Waals surface area contributed by atoms with Crippen LogP contribution in [0, 0.1) is 5.92 Å². The Morgan fingerprint density at radius 2 is 2.25 bits per heavy atom. The number of para-hydroxylation sites is 1. The molecule has 1 aliphatic rings. The van der Waals surface area contributed by atoms with Crippen LogP contribution in [0.25, 0.3) is 0 Å². The molecule has 1 fully saturated rings. The van der Waals surface area contributed by atoms with Crippen molar-refractivity contribution in [2.45, 2.75) is 32.2 Å². The number of anilines is 1. The molecule has 3 heteroatoms. The van der Waals surface area contributed by atoms with Crippen LogP contribution >= 0.6 is 0 Å². The Hall–Kier alpha value is -1.51. The van der Waals surface area contributed by atoms with Gasteiger partial charge in [-0.05, 0) is 30.9 Å². The summed E-state index contributed by atoms with van der Waals surface area (Å²) in [5.41, 5.74) is 1.11. The van der Waals surface area contributed by atoms with Gasteiger partial charge in [-0.25, -0.2) is 4.79 Å². The van der Waals surface area contributed by atoms with Crippen LogP contribution in [0.1, 0.15) is 36.5 Å². The number of rotatable bonds is 5. The summed E-state index contributed by atoms with van der Waals surface area (Å²) in [4.78, 5) is 11.0. The van der Waals surface area contributed by atoms with Crippen molar-refractivity contribution >= 4 is 11.7 Å². The van der Waals surface area contributed by atoms with Crippen LogP contribution in [0.5, 0.6) is 0 Å². The Morgan fingerprint density at radius 1 is 1.50 bits per heavy atom. The van der Waals surface area contributed by atoms with Crippen molar-refractivity contribution in [3.63, 3.8) is 0 Å². The Bertz CT molecular complexity index is 389. The Morgan fingerprint density at radius 3 is 2.94 bits per heavy atom. The molecule has 1 aliphatic carbocycles. The quantitative estimate of drug-likeness (QED) is 0.800. The number of nitrogens with one attached hydrogen (secondary N) is 1. The summed E-state index contributed by atoms with van der Waals surface area (Å²) in [7, 11) is 0. The lowest BCUT2D eigenvalue weighted by atomic mass is 10.1. The van der Waals surface area contributed by atoms with E-state index in [1.54, 1.807) is 12.1 Å². The highest BCUT2D eigenvalue weighted by molar-refractivity contribution is 5.94. The van der Waals surface area contributed by atoms with Gasteiger partial charge in [0.25, 0.3) is 0 Å². The van der Waals surface area contributed by atoms with Gasteiger partial charge in [-0.15, -0.1) is 0 Å². The minimum absolute atomic E-state index is 0.365. The second kappa shape index (κ2) is 4.56. The van der Waals surface area contributed by atoms with Crippen LogP contribution in [0.2, 0.25) is 0 Å². The smallest absolute Gasteiger partial charge is 0.337 e. The summed E-state index contributed by atoms with van der Waals surface area (Å²) in [5, 5.41) is 12.3. The van der Waals surface area contributed by atoms with Crippen molar-refractivity contribution in [1.29, 1.82) is 0 Å². The van der Waals surface area contributed by atoms with Gasteiger partial charge in [-0.2, -0.15) is 0 Å². The summed E-state index contributed by atoms with van der Waals surface area (Å²) in [6.07, 6.45) is 3.60. The third-order valence-corrected chi connectivity index (χ3v) is 3.08. The van der Waals surface area contributed by atoms with Crippen LogP contribution in [0.3, 0.4) is 0 Å². The molecule has 0 radical (unpaired) electrons. The Labute approximate surface area is 95.5 Å². The van der Waals surface area contributed by atoms with E-state index in [1.165, 1.54) is 19.3 Å². The van der Waals surface area contributed by atoms with Crippen molar-refractivity contribution < 1.29 is 9.90 Å². The number of carboxylic acids is 1. The van der Waals surface area contributed by atoms with E-state index in [-0.39, 0.29) is 0 Å². The van der Waals surface area contributed by atoms with Gasteiger partial charge in [0, 0.05) is 11.7 Å². The number of carboxylic acid groups (broad SMARTS) is 1. The zero-order valence-electron chi connectivity index (χ0n) is 9.44. The molecule has 86 valence electrons. The average Bonchev–Trinajstić information content (AvgIpc) is 2.97. The van der Waals surface area contributed by atoms with Crippen LogP contribution in [-0.2, 0) is 0 Å². The maximum atomic E-state index is 11.0. The zero-order valence-corrected chi connectivity index (χ0v) is 9.44. The lowest BCUT2D eigenvalue weighted by Crippen LogP contribution is -2.09. The van der Waals surface area contributed by atoms with Crippen molar-refractivity contribution in [1.82, 2.24) is 0 Å². The summed E-state index contributed by atoms with van der Waals surface area (Å²) in [6, 6.07) is 7.57. The first kappa shape index (κ1) is 11.0. The molecule has 0 heterocycles. The minimum Gasteiger partial charge on any atom is -0.478 e. The summed E-state index contributed by atoms with van der Waals surface area (Å²) >= 11 is 0. The van der Waals surface area contributed by atoms with Gasteiger partial charge in [0.1, 0.15) is 0 Å². The monoisotopic (exact) mass is 219 g/mol. The van der Waals surface area contributed by atoms with Gasteiger partial charge in [0.2, 0.25) is 0 Å². The van der Waals surface area contributed by atoms with E-state index in [4.69, 9.17) is 5.11 Å². The van der Waals surface area contributed by atoms with E-state index in [9.17, 15) is 4.79 Å². The second-order valence-corrected chi connectivity index (χ2v) is 4.39. The van der Waals surface area contributed by atoms with E-state index in [0.29, 0.717) is 11.6 Å². The lowest BCUT2D eigenvalue weighted by Gasteiger charge is -2.08. The van der Waals surface area contributed by atoms with E-state index in [0.717, 1.165) is 11.6 Å². The zero-order chi connectivity index (χ0) is 11.5. The molecule has 1 aromatic rings. The third-order valence-electron chi connectivity index (χ3n) is 3.08. The fourth-order valence-corrected chi connectivity index (χ4v) is 2.11. The fourth-order valence-electron chi connectivity index (χ4n) is 2.11. The predicted molar refractivity (Wildman–Crippen MR) is 63.8 cm³/mol. The highest BCUT2D eigenvalue weighted by Crippen LogP contribution is 2.37. The van der Waals surface area contributed by atoms with E-state index in [2.05, 4.69) is 12.2 Å². The first-order valence-corrected chi connectivity index (χ1v) is 5.81. The molecular formula is C13H17NO2. The minimum atomic E-state index is -0.865. The third kappa shape index (κ3) is 2.35. The number of aromatic carboxylic acids is 1. The second-order valence-electron chi connectivity index (χ2n) is 4.39. The largest absolute Gasteiger partial charge is 0.478 e. The SMILES string of the molecule is CCCC1CC1Nc1ccccc1C(=O)O. The first-order chi connectivity index (χ1) is 7.72. The molecule has 0 aliphatic heterocycles. The van der Waals surface area contributed by atoms with Crippen LogP contribution in [0.15, 0.2) is 24.3 Å². The molecule has 2 N–H and O–H groups in total.